The molecule has 4 rings (SSSR count). The van der Waals surface area contributed by atoms with E-state index in [0.29, 0.717) is 5.57 Å². The van der Waals surface area contributed by atoms with Gasteiger partial charge in [-0.15, -0.1) is 11.3 Å². The fourth-order valence-corrected chi connectivity index (χ4v) is 4.05. The SMILES string of the molecule is Cc1csc(/C(C#N)=C/Nc2ccc(Sc3nc4ccccc4[nH]3)cc2)n1. The van der Waals surface area contributed by atoms with Gasteiger partial charge in [0, 0.05) is 27.9 Å². The van der Waals surface area contributed by atoms with Crippen LogP contribution in [0.15, 0.2) is 70.2 Å². The molecule has 0 bridgehead atoms. The number of thiazole rings is 1. The second-order valence-electron chi connectivity index (χ2n) is 5.79. The Balaban J connectivity index is 1.45. The van der Waals surface area contributed by atoms with Crippen LogP contribution in [0.5, 0.6) is 0 Å². The number of aromatic amines is 1. The molecule has 0 saturated heterocycles. The molecule has 0 aliphatic heterocycles. The molecule has 0 spiro atoms. The molecular formula is C20H15N5S2. The number of nitrogens with one attached hydrogen (secondary N) is 2. The van der Waals surface area contributed by atoms with E-state index < -0.39 is 0 Å². The first-order valence-corrected chi connectivity index (χ1v) is 9.93. The largest absolute Gasteiger partial charge is 0.360 e. The van der Waals surface area contributed by atoms with Gasteiger partial charge in [-0.25, -0.2) is 9.97 Å². The second-order valence-corrected chi connectivity index (χ2v) is 7.71. The fraction of sp³-hybridized carbons (Fsp3) is 0.0500. The van der Waals surface area contributed by atoms with Gasteiger partial charge in [0.25, 0.3) is 0 Å². The van der Waals surface area contributed by atoms with E-state index in [1.807, 2.05) is 60.8 Å². The van der Waals surface area contributed by atoms with Crippen molar-refractivity contribution in [3.8, 4) is 6.07 Å². The first-order chi connectivity index (χ1) is 13.2. The van der Waals surface area contributed by atoms with Gasteiger partial charge in [0.1, 0.15) is 16.6 Å². The smallest absolute Gasteiger partial charge is 0.171 e. The number of H-pyrrole nitrogens is 1. The number of rotatable bonds is 5. The summed E-state index contributed by atoms with van der Waals surface area (Å²) in [5.41, 5.74) is 4.34. The third kappa shape index (κ3) is 4.03. The van der Waals surface area contributed by atoms with Crippen LogP contribution in [0.3, 0.4) is 0 Å². The Hall–Kier alpha value is -3.08. The zero-order chi connectivity index (χ0) is 18.6. The zero-order valence-electron chi connectivity index (χ0n) is 14.4. The summed E-state index contributed by atoms with van der Waals surface area (Å²) in [5, 5.41) is 16.0. The molecule has 0 aliphatic carbocycles. The van der Waals surface area contributed by atoms with E-state index >= 15 is 0 Å². The lowest BCUT2D eigenvalue weighted by molar-refractivity contribution is 1.08. The van der Waals surface area contributed by atoms with Gasteiger partial charge in [-0.05, 0) is 43.3 Å². The van der Waals surface area contributed by atoms with E-state index in [2.05, 4.69) is 26.3 Å². The molecule has 4 aromatic rings. The highest BCUT2D eigenvalue weighted by atomic mass is 32.2. The number of aromatic nitrogens is 3. The van der Waals surface area contributed by atoms with Crippen molar-refractivity contribution in [2.45, 2.75) is 17.0 Å². The van der Waals surface area contributed by atoms with Crippen molar-refractivity contribution in [2.24, 2.45) is 0 Å². The quantitative estimate of drug-likeness (QED) is 0.443. The highest BCUT2D eigenvalue weighted by Gasteiger charge is 2.06. The number of para-hydroxylation sites is 2. The Bertz CT molecular complexity index is 1120. The van der Waals surface area contributed by atoms with Gasteiger partial charge in [-0.2, -0.15) is 5.26 Å². The molecule has 0 radical (unpaired) electrons. The van der Waals surface area contributed by atoms with Crippen LogP contribution in [-0.2, 0) is 0 Å². The van der Waals surface area contributed by atoms with Gasteiger partial charge in [0.2, 0.25) is 0 Å². The summed E-state index contributed by atoms with van der Waals surface area (Å²) in [6.07, 6.45) is 1.69. The Morgan fingerprint density at radius 1 is 1.19 bits per heavy atom. The van der Waals surface area contributed by atoms with E-state index in [-0.39, 0.29) is 0 Å². The molecule has 27 heavy (non-hydrogen) atoms. The number of nitrogens with zero attached hydrogens (tertiary/aromatic N) is 3. The van der Waals surface area contributed by atoms with Gasteiger partial charge in [-0.1, -0.05) is 23.9 Å². The zero-order valence-corrected chi connectivity index (χ0v) is 16.1. The molecule has 2 heterocycles. The number of allylic oxidation sites excluding steroid dienone is 1. The Labute approximate surface area is 164 Å². The summed E-state index contributed by atoms with van der Waals surface area (Å²) in [6.45, 7) is 1.92. The fourth-order valence-electron chi connectivity index (χ4n) is 2.48. The molecule has 0 fully saturated rings. The highest BCUT2D eigenvalue weighted by molar-refractivity contribution is 7.99. The van der Waals surface area contributed by atoms with Gasteiger partial charge in [0.05, 0.1) is 11.0 Å². The summed E-state index contributed by atoms with van der Waals surface area (Å²) in [6, 6.07) is 18.2. The molecule has 2 N–H and O–H groups in total. The third-order valence-electron chi connectivity index (χ3n) is 3.79. The van der Waals surface area contributed by atoms with Crippen molar-refractivity contribution in [3.63, 3.8) is 0 Å². The number of hydrogen-bond donors (Lipinski definition) is 2. The molecule has 5 nitrogen and oxygen atoms in total. The van der Waals surface area contributed by atoms with Crippen molar-refractivity contribution in [2.75, 3.05) is 5.32 Å². The molecular weight excluding hydrogens is 374 g/mol. The van der Waals surface area contributed by atoms with E-state index in [0.717, 1.165) is 37.5 Å². The molecule has 2 aromatic carbocycles. The van der Waals surface area contributed by atoms with Crippen LogP contribution in [0, 0.1) is 18.3 Å². The number of benzene rings is 2. The van der Waals surface area contributed by atoms with Gasteiger partial charge in [-0.3, -0.25) is 0 Å². The van der Waals surface area contributed by atoms with E-state index in [1.165, 1.54) is 11.3 Å². The lowest BCUT2D eigenvalue weighted by Crippen LogP contribution is -1.91. The van der Waals surface area contributed by atoms with Crippen molar-refractivity contribution >= 4 is 45.4 Å². The summed E-state index contributed by atoms with van der Waals surface area (Å²) < 4.78 is 0. The van der Waals surface area contributed by atoms with Crippen LogP contribution in [0.1, 0.15) is 10.7 Å². The van der Waals surface area contributed by atoms with Crippen molar-refractivity contribution < 1.29 is 0 Å². The van der Waals surface area contributed by atoms with Crippen molar-refractivity contribution in [1.82, 2.24) is 15.0 Å². The average molecular weight is 390 g/mol. The number of anilines is 1. The molecule has 0 unspecified atom stereocenters. The van der Waals surface area contributed by atoms with E-state index in [9.17, 15) is 5.26 Å². The third-order valence-corrected chi connectivity index (χ3v) is 5.68. The molecule has 2 aromatic heterocycles. The maximum atomic E-state index is 9.33. The van der Waals surface area contributed by atoms with Crippen LogP contribution in [0.4, 0.5) is 5.69 Å². The second kappa shape index (κ2) is 7.66. The van der Waals surface area contributed by atoms with Crippen LogP contribution in [0.2, 0.25) is 0 Å². The Morgan fingerprint density at radius 2 is 2.00 bits per heavy atom. The summed E-state index contributed by atoms with van der Waals surface area (Å²) in [7, 11) is 0. The summed E-state index contributed by atoms with van der Waals surface area (Å²) >= 11 is 3.05. The number of hydrogen-bond acceptors (Lipinski definition) is 6. The van der Waals surface area contributed by atoms with Crippen molar-refractivity contribution in [1.29, 1.82) is 5.26 Å². The summed E-state index contributed by atoms with van der Waals surface area (Å²) in [5.74, 6) is 0. The van der Waals surface area contributed by atoms with Crippen molar-refractivity contribution in [3.05, 3.63) is 70.8 Å². The monoisotopic (exact) mass is 389 g/mol. The topological polar surface area (TPSA) is 77.4 Å². The van der Waals surface area contributed by atoms with Crippen LogP contribution < -0.4 is 5.32 Å². The first-order valence-electron chi connectivity index (χ1n) is 8.23. The average Bonchev–Trinajstić information content (AvgIpc) is 3.29. The van der Waals surface area contributed by atoms with Gasteiger partial charge in [0.15, 0.2) is 5.16 Å². The molecule has 0 saturated carbocycles. The van der Waals surface area contributed by atoms with E-state index in [1.54, 1.807) is 18.0 Å². The maximum Gasteiger partial charge on any atom is 0.171 e. The molecule has 7 heteroatoms. The number of imidazole rings is 1. The summed E-state index contributed by atoms with van der Waals surface area (Å²) in [4.78, 5) is 13.3. The minimum atomic E-state index is 0.522. The Morgan fingerprint density at radius 3 is 2.70 bits per heavy atom. The lowest BCUT2D eigenvalue weighted by atomic mass is 10.3. The molecule has 0 atom stereocenters. The predicted octanol–water partition coefficient (Wildman–Crippen LogP) is 5.46. The van der Waals surface area contributed by atoms with Gasteiger partial charge < -0.3 is 10.3 Å². The van der Waals surface area contributed by atoms with Crippen LogP contribution in [0.25, 0.3) is 16.6 Å². The minimum Gasteiger partial charge on any atom is -0.360 e. The molecule has 0 amide bonds. The first kappa shape index (κ1) is 17.3. The maximum absolute atomic E-state index is 9.33. The lowest BCUT2D eigenvalue weighted by Gasteiger charge is -2.03. The van der Waals surface area contributed by atoms with Gasteiger partial charge >= 0.3 is 0 Å². The number of fused-ring (bicyclic) bond motifs is 1. The number of nitriles is 1. The van der Waals surface area contributed by atoms with E-state index in [4.69, 9.17) is 0 Å². The number of aryl methyl sites for hydroxylation is 1. The normalized spacial score (nSPS) is 11.5. The molecule has 132 valence electrons. The molecule has 0 aliphatic rings. The standard InChI is InChI=1S/C20H15N5S2/c1-13-12-26-19(23-13)14(10-21)11-22-15-6-8-16(9-7-15)27-20-24-17-4-2-3-5-18(17)25-20/h2-9,11-12,22H,1H3,(H,24,25)/b14-11+. The van der Waals surface area contributed by atoms with Crippen LogP contribution in [-0.4, -0.2) is 15.0 Å². The minimum absolute atomic E-state index is 0.522. The predicted molar refractivity (Wildman–Crippen MR) is 111 cm³/mol. The van der Waals surface area contributed by atoms with Crippen LogP contribution >= 0.6 is 23.1 Å². The Kier molecular flexibility index (Phi) is 4.92. The highest BCUT2D eigenvalue weighted by Crippen LogP contribution is 2.28.